The molecule has 0 saturated heterocycles. The molecular formula is C8H14O3. The van der Waals surface area contributed by atoms with Gasteiger partial charge in [0.05, 0.1) is 7.11 Å². The maximum absolute atomic E-state index is 10.9. The largest absolute Gasteiger partial charge is 0.467 e. The number of rotatable bonds is 3. The normalized spacial score (nSPS) is 18.2. The van der Waals surface area contributed by atoms with Crippen LogP contribution in [0.3, 0.4) is 0 Å². The van der Waals surface area contributed by atoms with Crippen molar-refractivity contribution in [2.75, 3.05) is 7.11 Å². The Morgan fingerprint density at radius 2 is 2.27 bits per heavy atom. The Bertz CT molecular complexity index is 161. The van der Waals surface area contributed by atoms with Crippen LogP contribution in [-0.2, 0) is 9.53 Å². The van der Waals surface area contributed by atoms with Gasteiger partial charge in [-0.05, 0) is 6.92 Å². The van der Waals surface area contributed by atoms with E-state index in [9.17, 15) is 9.90 Å². The van der Waals surface area contributed by atoms with Gasteiger partial charge in [-0.15, -0.1) is 6.58 Å². The van der Waals surface area contributed by atoms with Gasteiger partial charge in [-0.3, -0.25) is 0 Å². The van der Waals surface area contributed by atoms with Crippen LogP contribution in [0, 0.1) is 5.92 Å². The predicted molar refractivity (Wildman–Crippen MR) is 42.0 cm³/mol. The van der Waals surface area contributed by atoms with Crippen LogP contribution in [0.1, 0.15) is 13.8 Å². The molecule has 11 heavy (non-hydrogen) atoms. The highest BCUT2D eigenvalue weighted by atomic mass is 16.5. The first-order valence-corrected chi connectivity index (χ1v) is 3.40. The van der Waals surface area contributed by atoms with E-state index in [1.54, 1.807) is 6.92 Å². The quantitative estimate of drug-likeness (QED) is 0.486. The van der Waals surface area contributed by atoms with E-state index in [0.717, 1.165) is 0 Å². The summed E-state index contributed by atoms with van der Waals surface area (Å²) in [5.74, 6) is -0.945. The standard InChI is InChI=1S/C8H14O3/c1-5-6(2)8(3,10)7(9)11-4/h5-6,10H,1H2,2-4H3. The lowest BCUT2D eigenvalue weighted by Crippen LogP contribution is -2.41. The number of esters is 1. The summed E-state index contributed by atoms with van der Waals surface area (Å²) in [7, 11) is 1.24. The van der Waals surface area contributed by atoms with E-state index in [0.29, 0.717) is 0 Å². The minimum atomic E-state index is -1.46. The van der Waals surface area contributed by atoms with Crippen LogP contribution < -0.4 is 0 Å². The first-order valence-electron chi connectivity index (χ1n) is 3.40. The molecule has 0 aliphatic heterocycles. The third kappa shape index (κ3) is 2.05. The molecule has 2 atom stereocenters. The van der Waals surface area contributed by atoms with E-state index in [4.69, 9.17) is 0 Å². The van der Waals surface area contributed by atoms with Crippen molar-refractivity contribution in [2.24, 2.45) is 5.92 Å². The SMILES string of the molecule is C=CC(C)C(C)(O)C(=O)OC. The molecule has 3 nitrogen and oxygen atoms in total. The molecule has 64 valence electrons. The van der Waals surface area contributed by atoms with Crippen LogP contribution >= 0.6 is 0 Å². The number of ether oxygens (including phenoxy) is 1. The molecule has 0 aliphatic carbocycles. The molecular weight excluding hydrogens is 144 g/mol. The van der Waals surface area contributed by atoms with Crippen LogP contribution in [0.15, 0.2) is 12.7 Å². The van der Waals surface area contributed by atoms with Crippen LogP contribution in [0.2, 0.25) is 0 Å². The van der Waals surface area contributed by atoms with Crippen molar-refractivity contribution in [2.45, 2.75) is 19.4 Å². The van der Waals surface area contributed by atoms with Gasteiger partial charge in [-0.2, -0.15) is 0 Å². The number of carbonyl (C=O) groups excluding carboxylic acids is 1. The smallest absolute Gasteiger partial charge is 0.338 e. The molecule has 0 amide bonds. The van der Waals surface area contributed by atoms with Gasteiger partial charge in [0.15, 0.2) is 5.60 Å². The second kappa shape index (κ2) is 3.53. The molecule has 0 aromatic heterocycles. The van der Waals surface area contributed by atoms with Crippen molar-refractivity contribution < 1.29 is 14.6 Å². The Kier molecular flexibility index (Phi) is 3.26. The summed E-state index contributed by atoms with van der Waals surface area (Å²) in [5, 5.41) is 9.51. The Balaban J connectivity index is 4.43. The molecule has 0 spiro atoms. The lowest BCUT2D eigenvalue weighted by molar-refractivity contribution is -0.163. The highest BCUT2D eigenvalue weighted by Gasteiger charge is 2.35. The molecule has 1 N–H and O–H groups in total. The fourth-order valence-electron chi connectivity index (χ4n) is 0.622. The van der Waals surface area contributed by atoms with Crippen molar-refractivity contribution in [1.82, 2.24) is 0 Å². The molecule has 0 rings (SSSR count). The highest BCUT2D eigenvalue weighted by Crippen LogP contribution is 2.18. The van der Waals surface area contributed by atoms with E-state index in [1.807, 2.05) is 0 Å². The van der Waals surface area contributed by atoms with Gasteiger partial charge in [-0.1, -0.05) is 13.0 Å². The highest BCUT2D eigenvalue weighted by molar-refractivity contribution is 5.79. The van der Waals surface area contributed by atoms with Crippen molar-refractivity contribution in [3.63, 3.8) is 0 Å². The summed E-state index contributed by atoms with van der Waals surface area (Å²) >= 11 is 0. The van der Waals surface area contributed by atoms with Crippen molar-refractivity contribution in [1.29, 1.82) is 0 Å². The predicted octanol–water partition coefficient (Wildman–Crippen LogP) is 0.732. The third-order valence-electron chi connectivity index (χ3n) is 1.84. The minimum absolute atomic E-state index is 0.310. The molecule has 2 unspecified atom stereocenters. The zero-order chi connectivity index (χ0) is 9.07. The molecule has 0 aromatic rings. The molecule has 0 heterocycles. The fourth-order valence-corrected chi connectivity index (χ4v) is 0.622. The van der Waals surface area contributed by atoms with Crippen molar-refractivity contribution in [3.8, 4) is 0 Å². The number of hydrogen-bond acceptors (Lipinski definition) is 3. The van der Waals surface area contributed by atoms with E-state index in [1.165, 1.54) is 20.1 Å². The van der Waals surface area contributed by atoms with E-state index in [2.05, 4.69) is 11.3 Å². The second-order valence-electron chi connectivity index (χ2n) is 2.66. The molecule has 0 aromatic carbocycles. The van der Waals surface area contributed by atoms with Crippen LogP contribution in [0.25, 0.3) is 0 Å². The first-order chi connectivity index (χ1) is 4.96. The van der Waals surface area contributed by atoms with Gasteiger partial charge in [0, 0.05) is 5.92 Å². The number of carbonyl (C=O) groups is 1. The molecule has 0 aliphatic rings. The van der Waals surface area contributed by atoms with E-state index in [-0.39, 0.29) is 5.92 Å². The Hall–Kier alpha value is -0.830. The van der Waals surface area contributed by atoms with E-state index < -0.39 is 11.6 Å². The maximum atomic E-state index is 10.9. The number of methoxy groups -OCH3 is 1. The van der Waals surface area contributed by atoms with Gasteiger partial charge in [0.25, 0.3) is 0 Å². The Labute approximate surface area is 66.7 Å². The topological polar surface area (TPSA) is 46.5 Å². The number of hydrogen-bond donors (Lipinski definition) is 1. The van der Waals surface area contributed by atoms with Crippen LogP contribution in [0.5, 0.6) is 0 Å². The zero-order valence-corrected chi connectivity index (χ0v) is 7.13. The van der Waals surface area contributed by atoms with Crippen LogP contribution in [-0.4, -0.2) is 23.8 Å². The molecule has 0 radical (unpaired) electrons. The Morgan fingerprint density at radius 1 is 1.82 bits per heavy atom. The summed E-state index contributed by atoms with van der Waals surface area (Å²) in [5.41, 5.74) is -1.46. The van der Waals surface area contributed by atoms with Gasteiger partial charge in [0.2, 0.25) is 0 Å². The fraction of sp³-hybridized carbons (Fsp3) is 0.625. The van der Waals surface area contributed by atoms with Crippen molar-refractivity contribution in [3.05, 3.63) is 12.7 Å². The molecule has 0 saturated carbocycles. The summed E-state index contributed by atoms with van der Waals surface area (Å²) < 4.78 is 4.40. The molecule has 3 heteroatoms. The Morgan fingerprint density at radius 3 is 2.55 bits per heavy atom. The van der Waals surface area contributed by atoms with Gasteiger partial charge >= 0.3 is 5.97 Å². The van der Waals surface area contributed by atoms with Gasteiger partial charge in [0.1, 0.15) is 0 Å². The summed E-state index contributed by atoms with van der Waals surface area (Å²) in [4.78, 5) is 10.9. The minimum Gasteiger partial charge on any atom is -0.467 e. The lowest BCUT2D eigenvalue weighted by atomic mass is 9.91. The summed E-state index contributed by atoms with van der Waals surface area (Å²) in [6, 6.07) is 0. The van der Waals surface area contributed by atoms with Gasteiger partial charge < -0.3 is 9.84 Å². The summed E-state index contributed by atoms with van der Waals surface area (Å²) in [6.45, 7) is 6.58. The molecule has 0 fully saturated rings. The number of aliphatic hydroxyl groups is 1. The van der Waals surface area contributed by atoms with E-state index >= 15 is 0 Å². The third-order valence-corrected chi connectivity index (χ3v) is 1.84. The average molecular weight is 158 g/mol. The average Bonchev–Trinajstić information content (AvgIpc) is 2.01. The zero-order valence-electron chi connectivity index (χ0n) is 7.13. The van der Waals surface area contributed by atoms with Crippen molar-refractivity contribution >= 4 is 5.97 Å². The maximum Gasteiger partial charge on any atom is 0.338 e. The monoisotopic (exact) mass is 158 g/mol. The summed E-state index contributed by atoms with van der Waals surface area (Å²) in [6.07, 6.45) is 1.51. The lowest BCUT2D eigenvalue weighted by Gasteiger charge is -2.24. The molecule has 0 bridgehead atoms. The van der Waals surface area contributed by atoms with Gasteiger partial charge in [-0.25, -0.2) is 4.79 Å². The first kappa shape index (κ1) is 10.2. The second-order valence-corrected chi connectivity index (χ2v) is 2.66. The van der Waals surface area contributed by atoms with Crippen LogP contribution in [0.4, 0.5) is 0 Å².